The number of halogens is 1. The van der Waals surface area contributed by atoms with E-state index in [9.17, 15) is 0 Å². The molecule has 18 heavy (non-hydrogen) atoms. The normalized spacial score (nSPS) is 20.5. The highest BCUT2D eigenvalue weighted by molar-refractivity contribution is 9.10. The Morgan fingerprint density at radius 3 is 2.67 bits per heavy atom. The van der Waals surface area contributed by atoms with Crippen LogP contribution in [0.3, 0.4) is 0 Å². The summed E-state index contributed by atoms with van der Waals surface area (Å²) in [4.78, 5) is 6.86. The van der Waals surface area contributed by atoms with Crippen molar-refractivity contribution in [2.75, 3.05) is 23.7 Å². The molecular formula is C14H22BrN3. The molecule has 1 aliphatic heterocycles. The molecule has 2 heterocycles. The molecular weight excluding hydrogens is 290 g/mol. The van der Waals surface area contributed by atoms with Crippen molar-refractivity contribution in [2.45, 2.75) is 34.1 Å². The van der Waals surface area contributed by atoms with Gasteiger partial charge in [-0.3, -0.25) is 0 Å². The lowest BCUT2D eigenvalue weighted by Crippen LogP contribution is -2.26. The van der Waals surface area contributed by atoms with Gasteiger partial charge in [0.2, 0.25) is 0 Å². The first-order valence-electron chi connectivity index (χ1n) is 6.46. The smallest absolute Gasteiger partial charge is 0.143 e. The third kappa shape index (κ3) is 2.48. The average molecular weight is 312 g/mol. The van der Waals surface area contributed by atoms with Crippen LogP contribution in [0.5, 0.6) is 0 Å². The maximum atomic E-state index is 5.87. The third-order valence-corrected chi connectivity index (χ3v) is 4.95. The van der Waals surface area contributed by atoms with Gasteiger partial charge >= 0.3 is 0 Å². The van der Waals surface area contributed by atoms with Crippen molar-refractivity contribution >= 4 is 27.4 Å². The van der Waals surface area contributed by atoms with E-state index in [0.717, 1.165) is 40.5 Å². The van der Waals surface area contributed by atoms with Gasteiger partial charge in [-0.2, -0.15) is 0 Å². The highest BCUT2D eigenvalue weighted by Gasteiger charge is 2.33. The maximum Gasteiger partial charge on any atom is 0.143 e. The van der Waals surface area contributed by atoms with Gasteiger partial charge < -0.3 is 10.6 Å². The molecule has 0 amide bonds. The minimum atomic E-state index is 0.365. The highest BCUT2D eigenvalue weighted by Crippen LogP contribution is 2.38. The monoisotopic (exact) mass is 311 g/mol. The van der Waals surface area contributed by atoms with Crippen molar-refractivity contribution in [3.63, 3.8) is 0 Å². The SMILES string of the molecule is Cc1c(N)cnc(N2CCC(C(C)(C)C)C2)c1Br. The standard InChI is InChI=1S/C14H22BrN3/c1-9-11(16)7-17-13(12(9)15)18-6-5-10(8-18)14(2,3)4/h7,10H,5-6,8,16H2,1-4H3. The number of pyridine rings is 1. The zero-order chi connectivity index (χ0) is 13.5. The summed E-state index contributed by atoms with van der Waals surface area (Å²) in [5.74, 6) is 1.76. The first kappa shape index (κ1) is 13.7. The van der Waals surface area contributed by atoms with Crippen molar-refractivity contribution < 1.29 is 0 Å². The lowest BCUT2D eigenvalue weighted by Gasteiger charge is -2.27. The van der Waals surface area contributed by atoms with Crippen LogP contribution in [-0.4, -0.2) is 18.1 Å². The van der Waals surface area contributed by atoms with Crippen LogP contribution >= 0.6 is 15.9 Å². The molecule has 0 spiro atoms. The molecule has 2 N–H and O–H groups in total. The summed E-state index contributed by atoms with van der Waals surface area (Å²) in [6, 6.07) is 0. The summed E-state index contributed by atoms with van der Waals surface area (Å²) in [6.45, 7) is 11.1. The molecule has 2 rings (SSSR count). The van der Waals surface area contributed by atoms with Gasteiger partial charge in [-0.05, 0) is 46.2 Å². The number of nitrogens with two attached hydrogens (primary N) is 1. The first-order valence-corrected chi connectivity index (χ1v) is 7.25. The second kappa shape index (κ2) is 4.72. The summed E-state index contributed by atoms with van der Waals surface area (Å²) in [7, 11) is 0. The number of anilines is 2. The number of hydrogen-bond acceptors (Lipinski definition) is 3. The van der Waals surface area contributed by atoms with E-state index < -0.39 is 0 Å². The second-order valence-corrected chi connectivity index (χ2v) is 7.07. The van der Waals surface area contributed by atoms with Crippen molar-refractivity contribution in [2.24, 2.45) is 11.3 Å². The number of nitrogens with zero attached hydrogens (tertiary/aromatic N) is 2. The Labute approximate surface area is 118 Å². The molecule has 1 aromatic heterocycles. The Morgan fingerprint density at radius 2 is 2.11 bits per heavy atom. The van der Waals surface area contributed by atoms with E-state index in [1.807, 2.05) is 6.92 Å². The predicted molar refractivity (Wildman–Crippen MR) is 80.9 cm³/mol. The minimum absolute atomic E-state index is 0.365. The quantitative estimate of drug-likeness (QED) is 0.861. The van der Waals surface area contributed by atoms with Gasteiger partial charge in [0.05, 0.1) is 16.4 Å². The molecule has 1 aromatic rings. The van der Waals surface area contributed by atoms with E-state index >= 15 is 0 Å². The Kier molecular flexibility index (Phi) is 3.58. The predicted octanol–water partition coefficient (Wildman–Crippen LogP) is 3.61. The van der Waals surface area contributed by atoms with Crippen molar-refractivity contribution in [1.29, 1.82) is 0 Å². The van der Waals surface area contributed by atoms with Crippen LogP contribution in [0, 0.1) is 18.3 Å². The Morgan fingerprint density at radius 1 is 1.44 bits per heavy atom. The third-order valence-electron chi connectivity index (χ3n) is 4.00. The summed E-state index contributed by atoms with van der Waals surface area (Å²) in [5, 5.41) is 0. The molecule has 0 aliphatic carbocycles. The molecule has 0 aromatic carbocycles. The number of rotatable bonds is 1. The van der Waals surface area contributed by atoms with Crippen molar-refractivity contribution in [3.05, 3.63) is 16.2 Å². The average Bonchev–Trinajstić information content (AvgIpc) is 2.75. The summed E-state index contributed by atoms with van der Waals surface area (Å²) >= 11 is 3.63. The zero-order valence-electron chi connectivity index (χ0n) is 11.6. The molecule has 1 atom stereocenters. The van der Waals surface area contributed by atoms with E-state index in [0.29, 0.717) is 5.41 Å². The number of nitrogen functional groups attached to an aromatic ring is 1. The van der Waals surface area contributed by atoms with Gasteiger partial charge in [0.25, 0.3) is 0 Å². The van der Waals surface area contributed by atoms with Gasteiger partial charge in [-0.1, -0.05) is 20.8 Å². The van der Waals surface area contributed by atoms with E-state index in [1.54, 1.807) is 6.20 Å². The Bertz CT molecular complexity index is 451. The molecule has 1 unspecified atom stereocenters. The van der Waals surface area contributed by atoms with Crippen LogP contribution in [0.4, 0.5) is 11.5 Å². The molecule has 3 nitrogen and oxygen atoms in total. The van der Waals surface area contributed by atoms with E-state index in [4.69, 9.17) is 5.73 Å². The van der Waals surface area contributed by atoms with Crippen LogP contribution in [-0.2, 0) is 0 Å². The van der Waals surface area contributed by atoms with Gasteiger partial charge in [-0.25, -0.2) is 4.98 Å². The lowest BCUT2D eigenvalue weighted by atomic mass is 9.80. The van der Waals surface area contributed by atoms with Gasteiger partial charge in [0.1, 0.15) is 5.82 Å². The summed E-state index contributed by atoms with van der Waals surface area (Å²) in [6.07, 6.45) is 3.00. The molecule has 100 valence electrons. The Balaban J connectivity index is 2.23. The number of hydrogen-bond donors (Lipinski definition) is 1. The van der Waals surface area contributed by atoms with Crippen LogP contribution in [0.15, 0.2) is 10.7 Å². The fourth-order valence-corrected chi connectivity index (χ4v) is 3.04. The summed E-state index contributed by atoms with van der Waals surface area (Å²) < 4.78 is 1.04. The molecule has 1 saturated heterocycles. The minimum Gasteiger partial charge on any atom is -0.397 e. The van der Waals surface area contributed by atoms with Crippen LogP contribution in [0.1, 0.15) is 32.8 Å². The van der Waals surface area contributed by atoms with Crippen molar-refractivity contribution in [3.8, 4) is 0 Å². The molecule has 0 radical (unpaired) electrons. The first-order chi connectivity index (χ1) is 8.30. The van der Waals surface area contributed by atoms with E-state index in [-0.39, 0.29) is 0 Å². The topological polar surface area (TPSA) is 42.1 Å². The Hall–Kier alpha value is -0.770. The maximum absolute atomic E-state index is 5.87. The second-order valence-electron chi connectivity index (χ2n) is 6.27. The molecule has 0 bridgehead atoms. The summed E-state index contributed by atoms with van der Waals surface area (Å²) in [5.41, 5.74) is 8.07. The largest absolute Gasteiger partial charge is 0.397 e. The van der Waals surface area contributed by atoms with Crippen molar-refractivity contribution in [1.82, 2.24) is 4.98 Å². The van der Waals surface area contributed by atoms with Gasteiger partial charge in [0, 0.05) is 13.1 Å². The molecule has 1 aliphatic rings. The van der Waals surface area contributed by atoms with E-state index in [2.05, 4.69) is 46.6 Å². The number of aromatic nitrogens is 1. The van der Waals surface area contributed by atoms with Crippen LogP contribution in [0.25, 0.3) is 0 Å². The molecule has 1 fully saturated rings. The lowest BCUT2D eigenvalue weighted by molar-refractivity contribution is 0.263. The van der Waals surface area contributed by atoms with E-state index in [1.165, 1.54) is 6.42 Å². The van der Waals surface area contributed by atoms with Gasteiger partial charge in [0.15, 0.2) is 0 Å². The molecule has 4 heteroatoms. The fraction of sp³-hybridized carbons (Fsp3) is 0.643. The van der Waals surface area contributed by atoms with Crippen LogP contribution < -0.4 is 10.6 Å². The highest BCUT2D eigenvalue weighted by atomic mass is 79.9. The fourth-order valence-electron chi connectivity index (χ4n) is 2.46. The zero-order valence-corrected chi connectivity index (χ0v) is 13.2. The van der Waals surface area contributed by atoms with Gasteiger partial charge in [-0.15, -0.1) is 0 Å². The van der Waals surface area contributed by atoms with Crippen LogP contribution in [0.2, 0.25) is 0 Å². The molecule has 0 saturated carbocycles.